The fraction of sp³-hybridized carbons (Fsp3) is 0.300. The zero-order valence-corrected chi connectivity index (χ0v) is 23.8. The van der Waals surface area contributed by atoms with Crippen molar-refractivity contribution in [1.29, 1.82) is 0 Å². The molecule has 1 aromatic carbocycles. The first-order chi connectivity index (χ1) is 17.8. The maximum absolute atomic E-state index is 13.3. The van der Waals surface area contributed by atoms with Gasteiger partial charge >= 0.3 is 0 Å². The van der Waals surface area contributed by atoms with E-state index in [2.05, 4.69) is 18.2 Å². The Balaban J connectivity index is 2.41. The Morgan fingerprint density at radius 1 is 1.26 bits per heavy atom. The Morgan fingerprint density at radius 3 is 2.47 bits per heavy atom. The minimum atomic E-state index is -2.96. The van der Waals surface area contributed by atoms with Crippen molar-refractivity contribution in [2.75, 3.05) is 20.2 Å². The molecule has 0 amide bonds. The van der Waals surface area contributed by atoms with Crippen molar-refractivity contribution in [2.24, 2.45) is 10.7 Å². The second kappa shape index (κ2) is 14.2. The van der Waals surface area contributed by atoms with Crippen molar-refractivity contribution >= 4 is 29.2 Å². The van der Waals surface area contributed by atoms with Crippen LogP contribution in [0.15, 0.2) is 111 Å². The summed E-state index contributed by atoms with van der Waals surface area (Å²) < 4.78 is 32.0. The topological polar surface area (TPSA) is 50.8 Å². The van der Waals surface area contributed by atoms with Gasteiger partial charge in [-0.2, -0.15) is 0 Å². The molecular formula is C30H35Cl2F2N3O. The lowest BCUT2D eigenvalue weighted by atomic mass is 9.85. The molecule has 0 spiro atoms. The molecule has 8 heteroatoms. The van der Waals surface area contributed by atoms with Gasteiger partial charge in [-0.25, -0.2) is 13.8 Å². The van der Waals surface area contributed by atoms with Crippen LogP contribution in [0, 0.1) is 0 Å². The highest BCUT2D eigenvalue weighted by Crippen LogP contribution is 2.36. The smallest absolute Gasteiger partial charge is 0.269 e. The van der Waals surface area contributed by atoms with Gasteiger partial charge in [-0.1, -0.05) is 78.4 Å². The SMILES string of the molecule is C=C/C(CC(C1=CN(C/C(C)=C/C=C\C(=C)C(C)(F)F)C(N)=NC1)c1ccc(OC)cc1)=C(Cl)\C=C(/C)Cl. The molecule has 4 nitrogen and oxygen atoms in total. The number of hydrogen-bond acceptors (Lipinski definition) is 4. The fourth-order valence-electron chi connectivity index (χ4n) is 3.76. The van der Waals surface area contributed by atoms with Gasteiger partial charge in [-0.05, 0) is 55.2 Å². The third-order valence-electron chi connectivity index (χ3n) is 5.97. The number of hydrogen-bond donors (Lipinski definition) is 1. The number of ether oxygens (including phenoxy) is 1. The number of benzene rings is 1. The van der Waals surface area contributed by atoms with Crippen LogP contribution in [0.4, 0.5) is 8.78 Å². The zero-order valence-electron chi connectivity index (χ0n) is 22.3. The van der Waals surface area contributed by atoms with Crippen molar-refractivity contribution in [2.45, 2.75) is 39.0 Å². The van der Waals surface area contributed by atoms with Crippen LogP contribution < -0.4 is 10.5 Å². The molecule has 0 bridgehead atoms. The predicted octanol–water partition coefficient (Wildman–Crippen LogP) is 8.22. The maximum Gasteiger partial charge on any atom is 0.269 e. The van der Waals surface area contributed by atoms with Crippen molar-refractivity contribution in [1.82, 2.24) is 4.90 Å². The van der Waals surface area contributed by atoms with Gasteiger partial charge in [0.25, 0.3) is 5.92 Å². The number of halogens is 4. The average molecular weight is 563 g/mol. The average Bonchev–Trinajstić information content (AvgIpc) is 2.85. The third kappa shape index (κ3) is 9.34. The Morgan fingerprint density at radius 2 is 1.92 bits per heavy atom. The van der Waals surface area contributed by atoms with Crippen molar-refractivity contribution in [3.8, 4) is 5.75 Å². The monoisotopic (exact) mass is 561 g/mol. The highest BCUT2D eigenvalue weighted by Gasteiger charge is 2.24. The minimum absolute atomic E-state index is 0.0784. The first-order valence-electron chi connectivity index (χ1n) is 12.0. The molecule has 0 aromatic heterocycles. The molecule has 0 radical (unpaired) electrons. The summed E-state index contributed by atoms with van der Waals surface area (Å²) in [6.07, 6.45) is 10.6. The molecule has 0 aliphatic carbocycles. The van der Waals surface area contributed by atoms with Gasteiger partial charge in [-0.3, -0.25) is 0 Å². The number of allylic oxidation sites excluding steroid dienone is 9. The number of methoxy groups -OCH3 is 1. The van der Waals surface area contributed by atoms with E-state index in [1.807, 2.05) is 42.3 Å². The number of alkyl halides is 2. The summed E-state index contributed by atoms with van der Waals surface area (Å²) in [6.45, 7) is 12.7. The van der Waals surface area contributed by atoms with Gasteiger partial charge in [0, 0.05) is 41.2 Å². The molecule has 1 aliphatic heterocycles. The van der Waals surface area contributed by atoms with E-state index >= 15 is 0 Å². The van der Waals surface area contributed by atoms with Crippen molar-refractivity contribution in [3.05, 3.63) is 112 Å². The van der Waals surface area contributed by atoms with Crippen LogP contribution in [0.1, 0.15) is 38.7 Å². The van der Waals surface area contributed by atoms with E-state index in [1.165, 1.54) is 6.08 Å². The number of rotatable bonds is 12. The second-order valence-corrected chi connectivity index (χ2v) is 10.1. The molecular weight excluding hydrogens is 527 g/mol. The Hall–Kier alpha value is -3.09. The Bertz CT molecular complexity index is 1200. The molecule has 204 valence electrons. The van der Waals surface area contributed by atoms with E-state index in [-0.39, 0.29) is 11.5 Å². The van der Waals surface area contributed by atoms with E-state index in [1.54, 1.807) is 38.3 Å². The third-order valence-corrected chi connectivity index (χ3v) is 6.43. The molecule has 1 atom stereocenters. The van der Waals surface area contributed by atoms with Gasteiger partial charge in [0.2, 0.25) is 0 Å². The van der Waals surface area contributed by atoms with Crippen LogP contribution in [-0.2, 0) is 0 Å². The van der Waals surface area contributed by atoms with E-state index in [4.69, 9.17) is 33.7 Å². The summed E-state index contributed by atoms with van der Waals surface area (Å²) in [5, 5.41) is 1.09. The lowest BCUT2D eigenvalue weighted by Crippen LogP contribution is -2.37. The van der Waals surface area contributed by atoms with Gasteiger partial charge in [0.05, 0.1) is 13.7 Å². The molecule has 0 saturated carbocycles. The molecule has 0 saturated heterocycles. The molecule has 1 aromatic rings. The van der Waals surface area contributed by atoms with Crippen molar-refractivity contribution < 1.29 is 13.5 Å². The molecule has 0 fully saturated rings. The van der Waals surface area contributed by atoms with Gasteiger partial charge in [0.1, 0.15) is 5.75 Å². The summed E-state index contributed by atoms with van der Waals surface area (Å²) >= 11 is 12.6. The van der Waals surface area contributed by atoms with Crippen LogP contribution >= 0.6 is 23.2 Å². The summed E-state index contributed by atoms with van der Waals surface area (Å²) in [5.74, 6) is -1.91. The molecule has 2 N–H and O–H groups in total. The van der Waals surface area contributed by atoms with Gasteiger partial charge in [0.15, 0.2) is 5.96 Å². The van der Waals surface area contributed by atoms with Crippen LogP contribution in [0.2, 0.25) is 0 Å². The minimum Gasteiger partial charge on any atom is -0.497 e. The normalized spacial score (nSPS) is 16.6. The number of aliphatic imine (C=N–C) groups is 1. The molecule has 38 heavy (non-hydrogen) atoms. The van der Waals surface area contributed by atoms with E-state index in [9.17, 15) is 8.78 Å². The van der Waals surface area contributed by atoms with Crippen LogP contribution in [0.3, 0.4) is 0 Å². The van der Waals surface area contributed by atoms with Crippen LogP contribution in [0.5, 0.6) is 5.75 Å². The lowest BCUT2D eigenvalue weighted by Gasteiger charge is -2.29. The van der Waals surface area contributed by atoms with Crippen molar-refractivity contribution in [3.63, 3.8) is 0 Å². The Kier molecular flexibility index (Phi) is 11.6. The van der Waals surface area contributed by atoms with Crippen LogP contribution in [-0.4, -0.2) is 37.0 Å². The van der Waals surface area contributed by atoms with E-state index in [0.29, 0.717) is 35.5 Å². The standard InChI is InChI=1S/C30H35Cl2F2N3O/c1-7-23(28(32)15-22(4)31)16-27(24-11-13-26(38-6)14-12-24)25-17-36-29(35)37(19-25)18-20(2)9-8-10-21(3)30(5,33)34/h7-15,19,27H,1,3,16-18H2,2,4-6H3,(H2,35,36)/b10-8-,20-9+,22-15+,28-23-. The number of nitrogens with two attached hydrogens (primary N) is 1. The Labute approximate surface area is 234 Å². The van der Waals surface area contributed by atoms with Gasteiger partial charge < -0.3 is 15.4 Å². The number of guanidine groups is 1. The highest BCUT2D eigenvalue weighted by molar-refractivity contribution is 6.34. The predicted molar refractivity (Wildman–Crippen MR) is 157 cm³/mol. The fourth-order valence-corrected chi connectivity index (χ4v) is 4.24. The van der Waals surface area contributed by atoms with Gasteiger partial charge in [-0.15, -0.1) is 0 Å². The summed E-state index contributed by atoms with van der Waals surface area (Å²) in [7, 11) is 1.62. The highest BCUT2D eigenvalue weighted by atomic mass is 35.5. The second-order valence-electron chi connectivity index (χ2n) is 9.13. The molecule has 1 aliphatic rings. The van der Waals surface area contributed by atoms with E-state index in [0.717, 1.165) is 35.0 Å². The lowest BCUT2D eigenvalue weighted by molar-refractivity contribution is 0.0680. The molecule has 1 heterocycles. The van der Waals surface area contributed by atoms with Crippen LogP contribution in [0.25, 0.3) is 0 Å². The maximum atomic E-state index is 13.3. The molecule has 2 rings (SSSR count). The molecule has 1 unspecified atom stereocenters. The largest absolute Gasteiger partial charge is 0.497 e. The number of nitrogens with zero attached hydrogens (tertiary/aromatic N) is 2. The quantitative estimate of drug-likeness (QED) is 0.261. The summed E-state index contributed by atoms with van der Waals surface area (Å²) in [6, 6.07) is 7.85. The summed E-state index contributed by atoms with van der Waals surface area (Å²) in [5.41, 5.74) is 9.79. The van der Waals surface area contributed by atoms with E-state index < -0.39 is 5.92 Å². The first-order valence-corrected chi connectivity index (χ1v) is 12.8. The first kappa shape index (κ1) is 31.1. The summed E-state index contributed by atoms with van der Waals surface area (Å²) in [4.78, 5) is 6.40. The zero-order chi connectivity index (χ0) is 28.5.